The number of allylic oxidation sites excluding steroid dienone is 7. The lowest BCUT2D eigenvalue weighted by molar-refractivity contribution is -0.116. The van der Waals surface area contributed by atoms with Crippen molar-refractivity contribution < 1.29 is 23.5 Å². The Morgan fingerprint density at radius 1 is 0.963 bits per heavy atom. The largest absolute Gasteiger partial charge is 0.390 e. The van der Waals surface area contributed by atoms with E-state index in [4.69, 9.17) is 0 Å². The molecule has 0 radical (unpaired) electrons. The maximum absolute atomic E-state index is 12.4. The third-order valence-electron chi connectivity index (χ3n) is 5.24. The Morgan fingerprint density at radius 2 is 1.56 bits per heavy atom. The highest BCUT2D eigenvalue weighted by Gasteiger charge is 2.29. The summed E-state index contributed by atoms with van der Waals surface area (Å²) in [7, 11) is 0. The Morgan fingerprint density at radius 3 is 2.15 bits per heavy atom. The maximum atomic E-state index is 12.4. The molecule has 1 rings (SSSR count). The summed E-state index contributed by atoms with van der Waals surface area (Å²) in [4.78, 5) is 24.6. The van der Waals surface area contributed by atoms with Crippen LogP contribution in [-0.4, -0.2) is 22.3 Å². The first-order chi connectivity index (χ1) is 12.5. The van der Waals surface area contributed by atoms with Crippen LogP contribution in [0.5, 0.6) is 0 Å². The van der Waals surface area contributed by atoms with Crippen molar-refractivity contribution in [1.29, 1.82) is 0 Å². The summed E-state index contributed by atoms with van der Waals surface area (Å²) < 4.78 is 24.0. The van der Waals surface area contributed by atoms with Crippen LogP contribution in [0.25, 0.3) is 0 Å². The Kier molecular flexibility index (Phi) is 8.48. The summed E-state index contributed by atoms with van der Waals surface area (Å²) in [5, 5.41) is 10.6. The first-order valence-corrected chi connectivity index (χ1v) is 9.32. The molecule has 0 amide bonds. The molecule has 27 heavy (non-hydrogen) atoms. The Bertz CT molecular complexity index is 718. The van der Waals surface area contributed by atoms with Gasteiger partial charge < -0.3 is 5.11 Å². The second kappa shape index (κ2) is 9.88. The monoisotopic (exact) mass is 380 g/mol. The molecule has 1 unspecified atom stereocenters. The zero-order chi connectivity index (χ0) is 20.8. The fraction of sp³-hybridized carbons (Fsp3) is 0.545. The number of hydrogen-bond donors (Lipinski definition) is 1. The van der Waals surface area contributed by atoms with Gasteiger partial charge in [0, 0.05) is 22.3 Å². The lowest BCUT2D eigenvalue weighted by Crippen LogP contribution is -2.26. The summed E-state index contributed by atoms with van der Waals surface area (Å²) in [5.41, 5.74) is 1.99. The minimum Gasteiger partial charge on any atom is -0.390 e. The molecule has 0 saturated heterocycles. The van der Waals surface area contributed by atoms with Gasteiger partial charge in [-0.05, 0) is 79.2 Å². The zero-order valence-electron chi connectivity index (χ0n) is 16.9. The lowest BCUT2D eigenvalue weighted by Gasteiger charge is -2.25. The molecule has 150 valence electrons. The molecule has 1 atom stereocenters. The van der Waals surface area contributed by atoms with Crippen LogP contribution < -0.4 is 0 Å². The Balaban J connectivity index is 2.60. The predicted octanol–water partition coefficient (Wildman–Crippen LogP) is 5.61. The van der Waals surface area contributed by atoms with E-state index in [1.807, 2.05) is 13.0 Å². The molecule has 5 heteroatoms. The van der Waals surface area contributed by atoms with Crippen molar-refractivity contribution in [3.63, 3.8) is 0 Å². The quantitative estimate of drug-likeness (QED) is 0.418. The number of rotatable bonds is 9. The van der Waals surface area contributed by atoms with Crippen LogP contribution in [-0.2, 0) is 9.59 Å². The summed E-state index contributed by atoms with van der Waals surface area (Å²) in [5.74, 6) is -0.205. The average Bonchev–Trinajstić information content (AvgIpc) is 2.57. The number of carbonyl (C=O) groups is 2. The molecule has 1 aliphatic rings. The van der Waals surface area contributed by atoms with Gasteiger partial charge in [-0.15, -0.1) is 0 Å². The molecular formula is C22H30F2O3. The minimum absolute atomic E-state index is 0.0981. The van der Waals surface area contributed by atoms with Crippen molar-refractivity contribution >= 4 is 11.6 Å². The second-order valence-corrected chi connectivity index (χ2v) is 7.63. The molecule has 3 nitrogen and oxygen atoms in total. The maximum Gasteiger partial charge on any atom is 0.266 e. The summed E-state index contributed by atoms with van der Waals surface area (Å²) in [6.45, 7) is 8.60. The molecule has 1 N–H and O–H groups in total. The molecule has 0 aromatic heterocycles. The number of ketones is 2. The third kappa shape index (κ3) is 6.98. The van der Waals surface area contributed by atoms with E-state index < -0.39 is 11.7 Å². The van der Waals surface area contributed by atoms with Crippen molar-refractivity contribution in [2.45, 2.75) is 78.7 Å². The standard InChI is InChI=1S/C22H30F2O3/c1-14(8-6-10-19(23)24)9-7-12-22(5,27)13-11-18-17(4)20(25)15(2)16(3)21(18)26/h9-10,27H,6-8,11-13H2,1-5H3/b14-9+. The van der Waals surface area contributed by atoms with Gasteiger partial charge in [-0.1, -0.05) is 11.6 Å². The van der Waals surface area contributed by atoms with E-state index >= 15 is 0 Å². The van der Waals surface area contributed by atoms with E-state index in [1.54, 1.807) is 27.7 Å². The van der Waals surface area contributed by atoms with Crippen LogP contribution in [0, 0.1) is 0 Å². The number of Topliss-reactive ketones (excluding diaryl/α,β-unsaturated/α-hetero) is 2. The van der Waals surface area contributed by atoms with E-state index in [-0.39, 0.29) is 11.6 Å². The highest BCUT2D eigenvalue weighted by Crippen LogP contribution is 2.30. The molecule has 0 bridgehead atoms. The van der Waals surface area contributed by atoms with Crippen LogP contribution >= 0.6 is 0 Å². The molecular weight excluding hydrogens is 350 g/mol. The first kappa shape index (κ1) is 23.2. The van der Waals surface area contributed by atoms with Crippen molar-refractivity contribution in [2.24, 2.45) is 0 Å². The van der Waals surface area contributed by atoms with Gasteiger partial charge in [-0.3, -0.25) is 9.59 Å². The van der Waals surface area contributed by atoms with Crippen LogP contribution in [0.3, 0.4) is 0 Å². The van der Waals surface area contributed by atoms with E-state index in [0.717, 1.165) is 11.6 Å². The van der Waals surface area contributed by atoms with Crippen LogP contribution in [0.15, 0.2) is 46.1 Å². The van der Waals surface area contributed by atoms with Gasteiger partial charge >= 0.3 is 0 Å². The lowest BCUT2D eigenvalue weighted by atomic mass is 9.82. The van der Waals surface area contributed by atoms with Crippen LogP contribution in [0.4, 0.5) is 8.78 Å². The van der Waals surface area contributed by atoms with Crippen molar-refractivity contribution in [3.05, 3.63) is 46.1 Å². The molecule has 0 fully saturated rings. The van der Waals surface area contributed by atoms with Gasteiger partial charge in [0.1, 0.15) is 0 Å². The predicted molar refractivity (Wildman–Crippen MR) is 103 cm³/mol. The van der Waals surface area contributed by atoms with E-state index in [2.05, 4.69) is 0 Å². The third-order valence-corrected chi connectivity index (χ3v) is 5.24. The van der Waals surface area contributed by atoms with Gasteiger partial charge in [0.15, 0.2) is 11.6 Å². The Labute approximate surface area is 160 Å². The SMILES string of the molecule is CC1=C(C)C(=O)C(CCC(C)(O)CC/C=C(\C)CCC=C(F)F)=C(C)C1=O. The molecule has 0 saturated carbocycles. The molecule has 0 aromatic rings. The molecule has 0 spiro atoms. The summed E-state index contributed by atoms with van der Waals surface area (Å²) >= 11 is 0. The van der Waals surface area contributed by atoms with E-state index in [9.17, 15) is 23.5 Å². The second-order valence-electron chi connectivity index (χ2n) is 7.63. The summed E-state index contributed by atoms with van der Waals surface area (Å²) in [6.07, 6.45) is 3.93. The van der Waals surface area contributed by atoms with E-state index in [1.165, 1.54) is 0 Å². The number of halogens is 2. The van der Waals surface area contributed by atoms with Gasteiger partial charge in [0.05, 0.1) is 5.60 Å². The van der Waals surface area contributed by atoms with Gasteiger partial charge in [-0.2, -0.15) is 8.78 Å². The molecule has 0 heterocycles. The van der Waals surface area contributed by atoms with E-state index in [0.29, 0.717) is 60.8 Å². The van der Waals surface area contributed by atoms with Gasteiger partial charge in [0.25, 0.3) is 6.08 Å². The minimum atomic E-state index is -1.66. The molecule has 0 aliphatic heterocycles. The normalized spacial score (nSPS) is 18.1. The summed E-state index contributed by atoms with van der Waals surface area (Å²) in [6, 6.07) is 0. The average molecular weight is 380 g/mol. The number of hydrogen-bond acceptors (Lipinski definition) is 3. The van der Waals surface area contributed by atoms with Crippen LogP contribution in [0.1, 0.15) is 73.1 Å². The highest BCUT2D eigenvalue weighted by atomic mass is 19.3. The van der Waals surface area contributed by atoms with Crippen molar-refractivity contribution in [1.82, 2.24) is 0 Å². The molecule has 1 aliphatic carbocycles. The van der Waals surface area contributed by atoms with Gasteiger partial charge in [-0.25, -0.2) is 0 Å². The zero-order valence-corrected chi connectivity index (χ0v) is 16.9. The highest BCUT2D eigenvalue weighted by molar-refractivity contribution is 6.24. The fourth-order valence-electron chi connectivity index (χ4n) is 3.12. The fourth-order valence-corrected chi connectivity index (χ4v) is 3.12. The number of aliphatic hydroxyl groups is 1. The topological polar surface area (TPSA) is 54.4 Å². The van der Waals surface area contributed by atoms with Crippen molar-refractivity contribution in [2.75, 3.05) is 0 Å². The molecule has 0 aromatic carbocycles. The number of carbonyl (C=O) groups excluding carboxylic acids is 2. The van der Waals surface area contributed by atoms with Crippen molar-refractivity contribution in [3.8, 4) is 0 Å². The van der Waals surface area contributed by atoms with Gasteiger partial charge in [0.2, 0.25) is 0 Å². The first-order valence-electron chi connectivity index (χ1n) is 9.32. The Hall–Kier alpha value is -1.88. The smallest absolute Gasteiger partial charge is 0.266 e. The van der Waals surface area contributed by atoms with Crippen LogP contribution in [0.2, 0.25) is 0 Å².